The highest BCUT2D eigenvalue weighted by Gasteiger charge is 2.25. The number of aromatic carboxylic acids is 1. The van der Waals surface area contributed by atoms with Gasteiger partial charge in [-0.05, 0) is 31.4 Å². The van der Waals surface area contributed by atoms with Crippen molar-refractivity contribution in [3.63, 3.8) is 0 Å². The van der Waals surface area contributed by atoms with Crippen molar-refractivity contribution in [3.05, 3.63) is 70.7 Å². The molecule has 1 aromatic heterocycles. The van der Waals surface area contributed by atoms with E-state index in [4.69, 9.17) is 0 Å². The van der Waals surface area contributed by atoms with Crippen LogP contribution in [-0.4, -0.2) is 21.7 Å². The summed E-state index contributed by atoms with van der Waals surface area (Å²) in [5, 5.41) is 14.0. The van der Waals surface area contributed by atoms with Crippen LogP contribution in [0.4, 0.5) is 4.39 Å². The molecule has 0 amide bonds. The second-order valence-corrected chi connectivity index (χ2v) is 7.35. The number of aromatic nitrogens is 1. The van der Waals surface area contributed by atoms with Crippen LogP contribution in [-0.2, 0) is 13.1 Å². The lowest BCUT2D eigenvalue weighted by atomic mass is 9.93. The molecule has 0 spiro atoms. The molecule has 0 atom stereocenters. The minimum Gasteiger partial charge on any atom is -0.477 e. The van der Waals surface area contributed by atoms with Crippen LogP contribution in [0.1, 0.15) is 46.4 Å². The van der Waals surface area contributed by atoms with Gasteiger partial charge in [0, 0.05) is 30.1 Å². The van der Waals surface area contributed by atoms with Crippen LogP contribution < -0.4 is 5.32 Å². The molecule has 0 saturated heterocycles. The van der Waals surface area contributed by atoms with E-state index in [1.165, 1.54) is 12.5 Å². The number of nitrogens with one attached hydrogen (secondary N) is 1. The van der Waals surface area contributed by atoms with Gasteiger partial charge in [0.15, 0.2) is 0 Å². The molecule has 0 radical (unpaired) electrons. The highest BCUT2D eigenvalue weighted by molar-refractivity contribution is 5.98. The number of nitrogens with zero attached hydrogens (tertiary/aromatic N) is 1. The molecule has 2 aromatic carbocycles. The van der Waals surface area contributed by atoms with Crippen LogP contribution in [0.25, 0.3) is 10.9 Å². The van der Waals surface area contributed by atoms with E-state index in [0.717, 1.165) is 24.0 Å². The Bertz CT molecular complexity index is 988. The molecule has 1 aliphatic carbocycles. The molecule has 1 fully saturated rings. The van der Waals surface area contributed by atoms with Crippen molar-refractivity contribution in [2.75, 3.05) is 0 Å². The summed E-state index contributed by atoms with van der Waals surface area (Å²) in [4.78, 5) is 12.1. The summed E-state index contributed by atoms with van der Waals surface area (Å²) < 4.78 is 16.3. The van der Waals surface area contributed by atoms with Crippen LogP contribution >= 0.6 is 0 Å². The van der Waals surface area contributed by atoms with E-state index in [9.17, 15) is 14.3 Å². The van der Waals surface area contributed by atoms with Gasteiger partial charge in [0.2, 0.25) is 0 Å². The molecular weight excluding hydrogens is 343 g/mol. The average molecular weight is 366 g/mol. The third-order valence-corrected chi connectivity index (χ3v) is 5.47. The summed E-state index contributed by atoms with van der Waals surface area (Å²) >= 11 is 0. The van der Waals surface area contributed by atoms with Crippen molar-refractivity contribution in [3.8, 4) is 0 Å². The number of carboxylic acid groups (broad SMARTS) is 1. The second kappa shape index (κ2) is 7.16. The van der Waals surface area contributed by atoms with Gasteiger partial charge in [-0.25, -0.2) is 9.18 Å². The zero-order valence-corrected chi connectivity index (χ0v) is 15.3. The SMILES string of the molecule is Cc1ccc(Cn2c(C(=O)O)c(CNC3CCC3)c3cccc(F)c32)cc1. The number of halogens is 1. The number of hydrogen-bond donors (Lipinski definition) is 2. The van der Waals surface area contributed by atoms with Gasteiger partial charge in [-0.1, -0.05) is 48.4 Å². The molecule has 27 heavy (non-hydrogen) atoms. The van der Waals surface area contributed by atoms with Crippen LogP contribution in [0.2, 0.25) is 0 Å². The molecule has 1 aliphatic rings. The van der Waals surface area contributed by atoms with Crippen molar-refractivity contribution in [1.29, 1.82) is 0 Å². The molecule has 0 unspecified atom stereocenters. The zero-order valence-electron chi connectivity index (χ0n) is 15.3. The third kappa shape index (κ3) is 3.35. The number of rotatable bonds is 6. The van der Waals surface area contributed by atoms with Crippen LogP contribution in [0.5, 0.6) is 0 Å². The van der Waals surface area contributed by atoms with Gasteiger partial charge in [-0.2, -0.15) is 0 Å². The lowest BCUT2D eigenvalue weighted by Crippen LogP contribution is -2.34. The van der Waals surface area contributed by atoms with Crippen LogP contribution in [0.3, 0.4) is 0 Å². The Kier molecular flexibility index (Phi) is 4.70. The summed E-state index contributed by atoms with van der Waals surface area (Å²) in [6, 6.07) is 13.2. The van der Waals surface area contributed by atoms with Crippen molar-refractivity contribution in [2.24, 2.45) is 0 Å². The largest absolute Gasteiger partial charge is 0.477 e. The van der Waals surface area contributed by atoms with E-state index in [1.807, 2.05) is 37.3 Å². The predicted octanol–water partition coefficient (Wildman–Crippen LogP) is 4.48. The highest BCUT2D eigenvalue weighted by Crippen LogP contribution is 2.30. The first kappa shape index (κ1) is 17.7. The fourth-order valence-electron chi connectivity index (χ4n) is 3.75. The Labute approximate surface area is 157 Å². The Morgan fingerprint density at radius 3 is 2.59 bits per heavy atom. The first-order valence-corrected chi connectivity index (χ1v) is 9.36. The third-order valence-electron chi connectivity index (χ3n) is 5.47. The lowest BCUT2D eigenvalue weighted by molar-refractivity contribution is 0.0684. The first-order chi connectivity index (χ1) is 13.0. The fraction of sp³-hybridized carbons (Fsp3) is 0.318. The van der Waals surface area contributed by atoms with Gasteiger partial charge in [0.1, 0.15) is 11.5 Å². The van der Waals surface area contributed by atoms with Gasteiger partial charge < -0.3 is 15.0 Å². The van der Waals surface area contributed by atoms with Crippen molar-refractivity contribution >= 4 is 16.9 Å². The summed E-state index contributed by atoms with van der Waals surface area (Å²) in [6.07, 6.45) is 3.42. The number of carbonyl (C=O) groups is 1. The number of fused-ring (bicyclic) bond motifs is 1. The number of carboxylic acids is 1. The smallest absolute Gasteiger partial charge is 0.352 e. The topological polar surface area (TPSA) is 54.3 Å². The van der Waals surface area contributed by atoms with E-state index in [2.05, 4.69) is 5.32 Å². The molecule has 5 heteroatoms. The quantitative estimate of drug-likeness (QED) is 0.676. The number of aryl methyl sites for hydroxylation is 1. The average Bonchev–Trinajstić information content (AvgIpc) is 2.91. The van der Waals surface area contributed by atoms with Crippen molar-refractivity contribution < 1.29 is 14.3 Å². The molecule has 140 valence electrons. The molecule has 1 saturated carbocycles. The lowest BCUT2D eigenvalue weighted by Gasteiger charge is -2.26. The van der Waals surface area contributed by atoms with E-state index in [0.29, 0.717) is 35.6 Å². The maximum absolute atomic E-state index is 14.7. The molecule has 2 N–H and O–H groups in total. The molecule has 0 aliphatic heterocycles. The minimum atomic E-state index is -1.02. The Morgan fingerprint density at radius 2 is 1.96 bits per heavy atom. The summed E-state index contributed by atoms with van der Waals surface area (Å²) in [5.74, 6) is -1.42. The monoisotopic (exact) mass is 366 g/mol. The molecular formula is C22H23FN2O2. The summed E-state index contributed by atoms with van der Waals surface area (Å²) in [7, 11) is 0. The van der Waals surface area contributed by atoms with Gasteiger partial charge in [0.25, 0.3) is 0 Å². The standard InChI is InChI=1S/C22H23FN2O2/c1-14-8-10-15(11-9-14)13-25-20-17(6-3-7-19(20)23)18(21(25)22(26)27)12-24-16-4-2-5-16/h3,6-11,16,24H,2,4-5,12-13H2,1H3,(H,26,27). The van der Waals surface area contributed by atoms with E-state index in [1.54, 1.807) is 10.6 Å². The Morgan fingerprint density at radius 1 is 1.22 bits per heavy atom. The summed E-state index contributed by atoms with van der Waals surface area (Å²) in [5.41, 5.74) is 3.27. The maximum Gasteiger partial charge on any atom is 0.352 e. The van der Waals surface area contributed by atoms with Crippen molar-refractivity contribution in [2.45, 2.75) is 45.3 Å². The van der Waals surface area contributed by atoms with Gasteiger partial charge in [-0.3, -0.25) is 0 Å². The van der Waals surface area contributed by atoms with E-state index < -0.39 is 11.8 Å². The zero-order chi connectivity index (χ0) is 19.0. The molecule has 4 rings (SSSR count). The summed E-state index contributed by atoms with van der Waals surface area (Å²) in [6.45, 7) is 2.76. The number of para-hydroxylation sites is 1. The minimum absolute atomic E-state index is 0.169. The fourth-order valence-corrected chi connectivity index (χ4v) is 3.75. The van der Waals surface area contributed by atoms with Gasteiger partial charge in [-0.15, -0.1) is 0 Å². The van der Waals surface area contributed by atoms with Gasteiger partial charge >= 0.3 is 5.97 Å². The molecule has 4 nitrogen and oxygen atoms in total. The molecule has 3 aromatic rings. The molecule has 0 bridgehead atoms. The number of hydrogen-bond acceptors (Lipinski definition) is 2. The normalized spacial score (nSPS) is 14.4. The Balaban J connectivity index is 1.83. The number of benzene rings is 2. The first-order valence-electron chi connectivity index (χ1n) is 9.36. The van der Waals surface area contributed by atoms with E-state index in [-0.39, 0.29) is 5.69 Å². The molecule has 1 heterocycles. The maximum atomic E-state index is 14.7. The predicted molar refractivity (Wildman–Crippen MR) is 104 cm³/mol. The van der Waals surface area contributed by atoms with Crippen molar-refractivity contribution in [1.82, 2.24) is 9.88 Å². The Hall–Kier alpha value is -2.66. The van der Waals surface area contributed by atoms with Gasteiger partial charge in [0.05, 0.1) is 5.52 Å². The second-order valence-electron chi connectivity index (χ2n) is 7.35. The van der Waals surface area contributed by atoms with Crippen LogP contribution in [0, 0.1) is 12.7 Å². The van der Waals surface area contributed by atoms with Crippen LogP contribution in [0.15, 0.2) is 42.5 Å². The van der Waals surface area contributed by atoms with E-state index >= 15 is 0 Å². The highest BCUT2D eigenvalue weighted by atomic mass is 19.1.